The first-order valence-electron chi connectivity index (χ1n) is 5.99. The van der Waals surface area contributed by atoms with Crippen LogP contribution in [0.3, 0.4) is 0 Å². The third kappa shape index (κ3) is 2.97. The number of nitrogens with zero attached hydrogens (tertiary/aromatic N) is 1. The van der Waals surface area contributed by atoms with E-state index in [1.165, 1.54) is 5.56 Å². The number of benzene rings is 1. The van der Waals surface area contributed by atoms with Crippen LogP contribution in [-0.4, -0.2) is 37.1 Å². The van der Waals surface area contributed by atoms with Crippen molar-refractivity contribution < 1.29 is 4.79 Å². The summed E-state index contributed by atoms with van der Waals surface area (Å²) in [5.74, 6) is 0. The van der Waals surface area contributed by atoms with Crippen LogP contribution < -0.4 is 10.6 Å². The molecule has 4 heteroatoms. The molecule has 1 atom stereocenters. The number of rotatable bonds is 2. The van der Waals surface area contributed by atoms with Gasteiger partial charge in [-0.25, -0.2) is 4.79 Å². The van der Waals surface area contributed by atoms with Crippen LogP contribution in [-0.2, 0) is 0 Å². The molecule has 2 N–H and O–H groups in total. The average molecular weight is 233 g/mol. The normalized spacial score (nSPS) is 19.4. The minimum absolute atomic E-state index is 0.00777. The molecule has 4 nitrogen and oxygen atoms in total. The van der Waals surface area contributed by atoms with Crippen molar-refractivity contribution in [3.8, 4) is 0 Å². The Bertz CT molecular complexity index is 388. The SMILES string of the molecule is CNC1CCN(C(=O)Nc2ccc(C)cc2)C1. The van der Waals surface area contributed by atoms with Crippen molar-refractivity contribution in [2.75, 3.05) is 25.5 Å². The van der Waals surface area contributed by atoms with Gasteiger partial charge in [-0.2, -0.15) is 0 Å². The smallest absolute Gasteiger partial charge is 0.321 e. The number of likely N-dealkylation sites (tertiary alicyclic amines) is 1. The van der Waals surface area contributed by atoms with Crippen molar-refractivity contribution >= 4 is 11.7 Å². The topological polar surface area (TPSA) is 44.4 Å². The Balaban J connectivity index is 1.91. The molecule has 1 heterocycles. The molecular formula is C13H19N3O. The Labute approximate surface area is 102 Å². The van der Waals surface area contributed by atoms with E-state index in [0.29, 0.717) is 6.04 Å². The predicted molar refractivity (Wildman–Crippen MR) is 69.2 cm³/mol. The van der Waals surface area contributed by atoms with Gasteiger partial charge in [0.25, 0.3) is 0 Å². The Morgan fingerprint density at radius 3 is 2.65 bits per heavy atom. The number of aryl methyl sites for hydroxylation is 1. The van der Waals surface area contributed by atoms with Crippen LogP contribution in [0.1, 0.15) is 12.0 Å². The number of amides is 2. The predicted octanol–water partition coefficient (Wildman–Crippen LogP) is 1.82. The van der Waals surface area contributed by atoms with Crippen molar-refractivity contribution in [2.45, 2.75) is 19.4 Å². The van der Waals surface area contributed by atoms with Gasteiger partial charge in [0.1, 0.15) is 0 Å². The zero-order valence-corrected chi connectivity index (χ0v) is 10.4. The quantitative estimate of drug-likeness (QED) is 0.818. The molecule has 2 amide bonds. The first-order valence-corrected chi connectivity index (χ1v) is 5.99. The molecule has 0 bridgehead atoms. The van der Waals surface area contributed by atoms with E-state index >= 15 is 0 Å². The standard InChI is InChI=1S/C13H19N3O/c1-10-3-5-11(6-4-10)15-13(17)16-8-7-12(9-16)14-2/h3-6,12,14H,7-9H2,1-2H3,(H,15,17). The molecule has 1 aliphatic rings. The highest BCUT2D eigenvalue weighted by Gasteiger charge is 2.24. The number of hydrogen-bond acceptors (Lipinski definition) is 2. The molecule has 0 aliphatic carbocycles. The number of anilines is 1. The fraction of sp³-hybridized carbons (Fsp3) is 0.462. The summed E-state index contributed by atoms with van der Waals surface area (Å²) < 4.78 is 0. The maximum absolute atomic E-state index is 11.9. The van der Waals surface area contributed by atoms with Gasteiger partial charge in [0, 0.05) is 24.8 Å². The Kier molecular flexibility index (Phi) is 3.64. The fourth-order valence-corrected chi connectivity index (χ4v) is 2.02. The summed E-state index contributed by atoms with van der Waals surface area (Å²) in [6.07, 6.45) is 1.03. The summed E-state index contributed by atoms with van der Waals surface area (Å²) in [5, 5.41) is 6.11. The van der Waals surface area contributed by atoms with E-state index in [4.69, 9.17) is 0 Å². The largest absolute Gasteiger partial charge is 0.323 e. The minimum atomic E-state index is -0.00777. The maximum Gasteiger partial charge on any atom is 0.321 e. The zero-order valence-electron chi connectivity index (χ0n) is 10.4. The van der Waals surface area contributed by atoms with Crippen molar-refractivity contribution in [2.24, 2.45) is 0 Å². The van der Waals surface area contributed by atoms with Crippen LogP contribution in [0.15, 0.2) is 24.3 Å². The van der Waals surface area contributed by atoms with E-state index in [9.17, 15) is 4.79 Å². The number of nitrogens with one attached hydrogen (secondary N) is 2. The zero-order chi connectivity index (χ0) is 12.3. The lowest BCUT2D eigenvalue weighted by molar-refractivity contribution is 0.221. The van der Waals surface area contributed by atoms with Gasteiger partial charge < -0.3 is 15.5 Å². The van der Waals surface area contributed by atoms with Gasteiger partial charge >= 0.3 is 6.03 Å². The van der Waals surface area contributed by atoms with Crippen molar-refractivity contribution in [1.82, 2.24) is 10.2 Å². The molecular weight excluding hydrogens is 214 g/mol. The highest BCUT2D eigenvalue weighted by Crippen LogP contribution is 2.13. The summed E-state index contributed by atoms with van der Waals surface area (Å²) >= 11 is 0. The van der Waals surface area contributed by atoms with Crippen molar-refractivity contribution in [1.29, 1.82) is 0 Å². The summed E-state index contributed by atoms with van der Waals surface area (Å²) in [7, 11) is 1.94. The highest BCUT2D eigenvalue weighted by atomic mass is 16.2. The Morgan fingerprint density at radius 2 is 2.06 bits per heavy atom. The van der Waals surface area contributed by atoms with E-state index in [2.05, 4.69) is 10.6 Å². The van der Waals surface area contributed by atoms with Crippen LogP contribution in [0.25, 0.3) is 0 Å². The van der Waals surface area contributed by atoms with Crippen molar-refractivity contribution in [3.63, 3.8) is 0 Å². The third-order valence-corrected chi connectivity index (χ3v) is 3.19. The molecule has 1 aromatic carbocycles. The van der Waals surface area contributed by atoms with Crippen LogP contribution in [0.2, 0.25) is 0 Å². The first kappa shape index (κ1) is 11.9. The third-order valence-electron chi connectivity index (χ3n) is 3.19. The molecule has 1 aliphatic heterocycles. The molecule has 1 fully saturated rings. The van der Waals surface area contributed by atoms with E-state index in [1.807, 2.05) is 43.1 Å². The fourth-order valence-electron chi connectivity index (χ4n) is 2.02. The number of urea groups is 1. The lowest BCUT2D eigenvalue weighted by Gasteiger charge is -2.17. The van der Waals surface area contributed by atoms with Crippen molar-refractivity contribution in [3.05, 3.63) is 29.8 Å². The van der Waals surface area contributed by atoms with Crippen LogP contribution in [0.4, 0.5) is 10.5 Å². The molecule has 0 radical (unpaired) electrons. The van der Waals surface area contributed by atoms with Gasteiger partial charge in [0.05, 0.1) is 0 Å². The highest BCUT2D eigenvalue weighted by molar-refractivity contribution is 5.89. The molecule has 0 spiro atoms. The monoisotopic (exact) mass is 233 g/mol. The lowest BCUT2D eigenvalue weighted by Crippen LogP contribution is -2.36. The maximum atomic E-state index is 11.9. The van der Waals surface area contributed by atoms with Crippen LogP contribution in [0.5, 0.6) is 0 Å². The molecule has 0 aromatic heterocycles. The van der Waals surface area contributed by atoms with E-state index in [0.717, 1.165) is 25.2 Å². The van der Waals surface area contributed by atoms with Gasteiger partial charge in [-0.05, 0) is 32.5 Å². The number of likely N-dealkylation sites (N-methyl/N-ethyl adjacent to an activating group) is 1. The summed E-state index contributed by atoms with van der Waals surface area (Å²) in [6.45, 7) is 3.64. The van der Waals surface area contributed by atoms with Gasteiger partial charge in [-0.1, -0.05) is 17.7 Å². The molecule has 92 valence electrons. The van der Waals surface area contributed by atoms with E-state index < -0.39 is 0 Å². The van der Waals surface area contributed by atoms with Gasteiger partial charge in [0.2, 0.25) is 0 Å². The summed E-state index contributed by atoms with van der Waals surface area (Å²) in [5.41, 5.74) is 2.05. The van der Waals surface area contributed by atoms with Gasteiger partial charge in [0.15, 0.2) is 0 Å². The van der Waals surface area contributed by atoms with Gasteiger partial charge in [-0.15, -0.1) is 0 Å². The average Bonchev–Trinajstić information content (AvgIpc) is 2.81. The summed E-state index contributed by atoms with van der Waals surface area (Å²) in [6, 6.07) is 8.27. The van der Waals surface area contributed by atoms with Crippen LogP contribution >= 0.6 is 0 Å². The molecule has 0 saturated carbocycles. The molecule has 1 saturated heterocycles. The second-order valence-electron chi connectivity index (χ2n) is 4.52. The molecule has 1 unspecified atom stereocenters. The second kappa shape index (κ2) is 5.19. The number of carbonyl (C=O) groups is 1. The number of carbonyl (C=O) groups excluding carboxylic acids is 1. The van der Waals surface area contributed by atoms with E-state index in [1.54, 1.807) is 0 Å². The first-order chi connectivity index (χ1) is 8.19. The van der Waals surface area contributed by atoms with E-state index in [-0.39, 0.29) is 6.03 Å². The Hall–Kier alpha value is -1.55. The van der Waals surface area contributed by atoms with Crippen LogP contribution in [0, 0.1) is 6.92 Å². The second-order valence-corrected chi connectivity index (χ2v) is 4.52. The Morgan fingerprint density at radius 1 is 1.35 bits per heavy atom. The number of hydrogen-bond donors (Lipinski definition) is 2. The summed E-state index contributed by atoms with van der Waals surface area (Å²) in [4.78, 5) is 13.8. The van der Waals surface area contributed by atoms with Gasteiger partial charge in [-0.3, -0.25) is 0 Å². The molecule has 2 rings (SSSR count). The molecule has 17 heavy (non-hydrogen) atoms. The molecule has 1 aromatic rings. The minimum Gasteiger partial charge on any atom is -0.323 e. The lowest BCUT2D eigenvalue weighted by atomic mass is 10.2.